The Labute approximate surface area is 92.5 Å². The second-order valence-electron chi connectivity index (χ2n) is 4.03. The normalized spacial score (nSPS) is 9.73. The molecule has 0 bridgehead atoms. The molecule has 0 amide bonds. The van der Waals surface area contributed by atoms with Gasteiger partial charge in [0.1, 0.15) is 6.54 Å². The SMILES string of the molecule is CCCCCCC[n+]1ccc(C)cc1.[F-]. The molecule has 0 saturated heterocycles. The minimum Gasteiger partial charge on any atom is -1.00 e. The molecule has 1 nitrogen and oxygen atoms in total. The lowest BCUT2D eigenvalue weighted by atomic mass is 10.1. The Bertz CT molecular complexity index is 243. The largest absolute Gasteiger partial charge is 1.00 e. The number of pyridine rings is 1. The van der Waals surface area contributed by atoms with E-state index in [9.17, 15) is 0 Å². The molecular weight excluding hydrogens is 189 g/mol. The van der Waals surface area contributed by atoms with Crippen LogP contribution in [0.1, 0.15) is 44.6 Å². The number of aromatic nitrogens is 1. The van der Waals surface area contributed by atoms with Crippen molar-refractivity contribution in [2.75, 3.05) is 0 Å². The maximum absolute atomic E-state index is 2.28. The van der Waals surface area contributed by atoms with Crippen molar-refractivity contribution in [2.45, 2.75) is 52.5 Å². The maximum Gasteiger partial charge on any atom is 0.169 e. The second-order valence-corrected chi connectivity index (χ2v) is 4.03. The lowest BCUT2D eigenvalue weighted by Gasteiger charge is -1.98. The van der Waals surface area contributed by atoms with Crippen LogP contribution in [0.25, 0.3) is 0 Å². The zero-order chi connectivity index (χ0) is 10.2. The van der Waals surface area contributed by atoms with Gasteiger partial charge in [-0.1, -0.05) is 26.2 Å². The summed E-state index contributed by atoms with van der Waals surface area (Å²) in [5.41, 5.74) is 1.34. The highest BCUT2D eigenvalue weighted by atomic mass is 19.0. The van der Waals surface area contributed by atoms with Crippen LogP contribution in [-0.4, -0.2) is 0 Å². The molecule has 1 aromatic heterocycles. The number of nitrogens with zero attached hydrogens (tertiary/aromatic N) is 1. The fraction of sp³-hybridized carbons (Fsp3) is 0.615. The molecule has 0 saturated carbocycles. The summed E-state index contributed by atoms with van der Waals surface area (Å²) < 4.78 is 2.28. The molecule has 0 spiro atoms. The van der Waals surface area contributed by atoms with E-state index in [-0.39, 0.29) is 4.70 Å². The lowest BCUT2D eigenvalue weighted by molar-refractivity contribution is -0.697. The number of rotatable bonds is 6. The molecular formula is C13H22FN. The van der Waals surface area contributed by atoms with Crippen LogP contribution in [0.2, 0.25) is 0 Å². The van der Waals surface area contributed by atoms with Gasteiger partial charge in [0.2, 0.25) is 0 Å². The monoisotopic (exact) mass is 211 g/mol. The van der Waals surface area contributed by atoms with E-state index >= 15 is 0 Å². The van der Waals surface area contributed by atoms with Crippen LogP contribution >= 0.6 is 0 Å². The highest BCUT2D eigenvalue weighted by Gasteiger charge is 1.98. The van der Waals surface area contributed by atoms with Gasteiger partial charge < -0.3 is 4.70 Å². The molecule has 0 fully saturated rings. The van der Waals surface area contributed by atoms with Crippen LogP contribution in [0.5, 0.6) is 0 Å². The topological polar surface area (TPSA) is 3.88 Å². The molecule has 1 heterocycles. The van der Waals surface area contributed by atoms with Crippen molar-refractivity contribution in [2.24, 2.45) is 0 Å². The van der Waals surface area contributed by atoms with Gasteiger partial charge >= 0.3 is 0 Å². The average Bonchev–Trinajstić information content (AvgIpc) is 2.21. The smallest absolute Gasteiger partial charge is 0.169 e. The van der Waals surface area contributed by atoms with Crippen molar-refractivity contribution in [3.63, 3.8) is 0 Å². The van der Waals surface area contributed by atoms with Crippen molar-refractivity contribution in [1.29, 1.82) is 0 Å². The van der Waals surface area contributed by atoms with E-state index in [1.165, 1.54) is 44.2 Å². The summed E-state index contributed by atoms with van der Waals surface area (Å²) in [4.78, 5) is 0. The van der Waals surface area contributed by atoms with Crippen molar-refractivity contribution in [3.05, 3.63) is 30.1 Å². The van der Waals surface area contributed by atoms with Crippen LogP contribution in [0.3, 0.4) is 0 Å². The van der Waals surface area contributed by atoms with E-state index in [0.29, 0.717) is 0 Å². The molecule has 0 atom stereocenters. The standard InChI is InChI=1S/C13H22N.FH/c1-3-4-5-6-7-10-14-11-8-13(2)9-12-14;/h8-9,11-12H,3-7,10H2,1-2H3;1H/q+1;/p-1. The van der Waals surface area contributed by atoms with E-state index in [1.807, 2.05) is 0 Å². The van der Waals surface area contributed by atoms with Crippen molar-refractivity contribution in [3.8, 4) is 0 Å². The summed E-state index contributed by atoms with van der Waals surface area (Å²) in [6.07, 6.45) is 11.1. The summed E-state index contributed by atoms with van der Waals surface area (Å²) in [5, 5.41) is 0. The van der Waals surface area contributed by atoms with Gasteiger partial charge in [-0.05, 0) is 18.9 Å². The highest BCUT2D eigenvalue weighted by molar-refractivity contribution is 5.03. The van der Waals surface area contributed by atoms with Crippen LogP contribution in [0.4, 0.5) is 0 Å². The Morgan fingerprint density at radius 2 is 1.60 bits per heavy atom. The summed E-state index contributed by atoms with van der Waals surface area (Å²) in [6.45, 7) is 5.56. The van der Waals surface area contributed by atoms with Crippen molar-refractivity contribution >= 4 is 0 Å². The Morgan fingerprint density at radius 1 is 1.00 bits per heavy atom. The minimum atomic E-state index is 0. The van der Waals surface area contributed by atoms with Gasteiger partial charge in [-0.25, -0.2) is 4.57 Å². The molecule has 15 heavy (non-hydrogen) atoms. The summed E-state index contributed by atoms with van der Waals surface area (Å²) in [6, 6.07) is 4.35. The van der Waals surface area contributed by atoms with Crippen LogP contribution in [-0.2, 0) is 6.54 Å². The first-order valence-corrected chi connectivity index (χ1v) is 5.78. The third-order valence-corrected chi connectivity index (χ3v) is 2.58. The van der Waals surface area contributed by atoms with E-state index < -0.39 is 0 Å². The summed E-state index contributed by atoms with van der Waals surface area (Å²) >= 11 is 0. The summed E-state index contributed by atoms with van der Waals surface area (Å²) in [7, 11) is 0. The second kappa shape index (κ2) is 8.39. The molecule has 1 aromatic rings. The van der Waals surface area contributed by atoms with Crippen LogP contribution in [0, 0.1) is 6.92 Å². The third kappa shape index (κ3) is 6.21. The third-order valence-electron chi connectivity index (χ3n) is 2.58. The first kappa shape index (κ1) is 14.1. The Kier molecular flexibility index (Phi) is 7.88. The number of hydrogen-bond donors (Lipinski definition) is 0. The number of unbranched alkanes of at least 4 members (excludes halogenated alkanes) is 4. The van der Waals surface area contributed by atoms with E-state index in [4.69, 9.17) is 0 Å². The van der Waals surface area contributed by atoms with Gasteiger partial charge in [0.25, 0.3) is 0 Å². The molecule has 0 aromatic carbocycles. The molecule has 2 heteroatoms. The number of aryl methyl sites for hydroxylation is 2. The highest BCUT2D eigenvalue weighted by Crippen LogP contribution is 2.02. The molecule has 0 aliphatic rings. The molecule has 1 rings (SSSR count). The van der Waals surface area contributed by atoms with Gasteiger partial charge in [0.05, 0.1) is 0 Å². The fourth-order valence-electron chi connectivity index (χ4n) is 1.58. The Morgan fingerprint density at radius 3 is 2.20 bits per heavy atom. The zero-order valence-electron chi connectivity index (χ0n) is 9.88. The molecule has 0 aliphatic carbocycles. The fourth-order valence-corrected chi connectivity index (χ4v) is 1.58. The predicted molar refractivity (Wildman–Crippen MR) is 60.1 cm³/mol. The summed E-state index contributed by atoms with van der Waals surface area (Å²) in [5.74, 6) is 0. The van der Waals surface area contributed by atoms with Gasteiger partial charge in [-0.2, -0.15) is 0 Å². The molecule has 0 unspecified atom stereocenters. The Hall–Kier alpha value is -0.920. The van der Waals surface area contributed by atoms with E-state index in [1.54, 1.807) is 0 Å². The van der Waals surface area contributed by atoms with Crippen LogP contribution in [0.15, 0.2) is 24.5 Å². The predicted octanol–water partition coefficient (Wildman–Crippen LogP) is 0.257. The Balaban J connectivity index is 0.00000196. The van der Waals surface area contributed by atoms with Crippen LogP contribution < -0.4 is 9.27 Å². The van der Waals surface area contributed by atoms with Gasteiger partial charge in [0, 0.05) is 18.6 Å². The molecule has 0 aliphatic heterocycles. The van der Waals surface area contributed by atoms with E-state index in [0.717, 1.165) is 0 Å². The molecule has 86 valence electrons. The van der Waals surface area contributed by atoms with Crippen molar-refractivity contribution in [1.82, 2.24) is 0 Å². The molecule has 0 N–H and O–H groups in total. The maximum atomic E-state index is 2.28. The van der Waals surface area contributed by atoms with Gasteiger partial charge in [-0.3, -0.25) is 0 Å². The van der Waals surface area contributed by atoms with Gasteiger partial charge in [-0.15, -0.1) is 0 Å². The molecule has 0 radical (unpaired) electrons. The minimum absolute atomic E-state index is 0. The van der Waals surface area contributed by atoms with Gasteiger partial charge in [0.15, 0.2) is 12.4 Å². The first-order valence-electron chi connectivity index (χ1n) is 5.78. The number of hydrogen-bond acceptors (Lipinski definition) is 0. The average molecular weight is 211 g/mol. The van der Waals surface area contributed by atoms with Crippen molar-refractivity contribution < 1.29 is 9.27 Å². The number of halogens is 1. The lowest BCUT2D eigenvalue weighted by Crippen LogP contribution is -3.00. The first-order chi connectivity index (χ1) is 6.83. The quantitative estimate of drug-likeness (QED) is 0.469. The van der Waals surface area contributed by atoms with E-state index in [2.05, 4.69) is 42.9 Å². The zero-order valence-corrected chi connectivity index (χ0v) is 9.88.